The summed E-state index contributed by atoms with van der Waals surface area (Å²) in [4.78, 5) is 14.4. The van der Waals surface area contributed by atoms with E-state index >= 15 is 0 Å². The van der Waals surface area contributed by atoms with Crippen LogP contribution in [0.5, 0.6) is 0 Å². The summed E-state index contributed by atoms with van der Waals surface area (Å²) < 4.78 is 1.91. The van der Waals surface area contributed by atoms with E-state index in [1.165, 1.54) is 4.57 Å². The van der Waals surface area contributed by atoms with Crippen LogP contribution in [0, 0.1) is 4.77 Å². The van der Waals surface area contributed by atoms with Crippen LogP contribution in [0.4, 0.5) is 5.82 Å². The molecule has 0 fully saturated rings. The molecule has 0 spiro atoms. The number of hydrogen-bond acceptors (Lipinski definition) is 5. The highest BCUT2D eigenvalue weighted by molar-refractivity contribution is 7.71. The van der Waals surface area contributed by atoms with Gasteiger partial charge in [-0.2, -0.15) is 0 Å². The normalized spacial score (nSPS) is 19.3. The molecule has 0 aromatic carbocycles. The van der Waals surface area contributed by atoms with E-state index in [9.17, 15) is 4.79 Å². The van der Waals surface area contributed by atoms with Gasteiger partial charge in [0.2, 0.25) is 0 Å². The lowest BCUT2D eigenvalue weighted by molar-refractivity contribution is 0.0926. The molecule has 7 nitrogen and oxygen atoms in total. The number of nitrogens with two attached hydrogens (primary N) is 1. The molecule has 1 aromatic rings. The van der Waals surface area contributed by atoms with Crippen molar-refractivity contribution in [1.82, 2.24) is 14.9 Å². The predicted octanol–water partition coefficient (Wildman–Crippen LogP) is -1.06. The van der Waals surface area contributed by atoms with Crippen LogP contribution in [0.15, 0.2) is 0 Å². The Hall–Kier alpha value is -1.38. The van der Waals surface area contributed by atoms with Crippen molar-refractivity contribution in [3.05, 3.63) is 10.5 Å². The summed E-state index contributed by atoms with van der Waals surface area (Å²) in [5, 5.41) is 14.2. The van der Waals surface area contributed by atoms with Gasteiger partial charge in [-0.25, -0.2) is 0 Å². The van der Waals surface area contributed by atoms with Crippen molar-refractivity contribution in [3.8, 4) is 0 Å². The van der Waals surface area contributed by atoms with Gasteiger partial charge >= 0.3 is 0 Å². The number of aromatic amines is 1. The van der Waals surface area contributed by atoms with E-state index in [1.54, 1.807) is 0 Å². The Balaban J connectivity index is 2.51. The minimum Gasteiger partial charge on any atom is -0.395 e. The molecule has 0 radical (unpaired) electrons. The van der Waals surface area contributed by atoms with Crippen LogP contribution >= 0.6 is 12.2 Å². The first-order valence-corrected chi connectivity index (χ1v) is 4.81. The maximum absolute atomic E-state index is 11.6. The molecule has 2 rings (SSSR count). The summed E-state index contributed by atoms with van der Waals surface area (Å²) in [6.07, 6.45) is -0.624. The smallest absolute Gasteiger partial charge is 0.274 e. The van der Waals surface area contributed by atoms with E-state index in [2.05, 4.69) is 15.6 Å². The molecule has 1 aliphatic rings. The topological polar surface area (TPSA) is 108 Å². The molecule has 1 atom stereocenters. The summed E-state index contributed by atoms with van der Waals surface area (Å²) in [6, 6.07) is 0. The van der Waals surface area contributed by atoms with Gasteiger partial charge < -0.3 is 25.3 Å². The third-order valence-electron chi connectivity index (χ3n) is 2.11. The van der Waals surface area contributed by atoms with Gasteiger partial charge in [-0.05, 0) is 12.2 Å². The largest absolute Gasteiger partial charge is 0.395 e. The van der Waals surface area contributed by atoms with E-state index in [0.717, 1.165) is 0 Å². The summed E-state index contributed by atoms with van der Waals surface area (Å²) in [5.41, 5.74) is 5.89. The number of amides is 1. The zero-order chi connectivity index (χ0) is 11.0. The van der Waals surface area contributed by atoms with Gasteiger partial charge in [0.1, 0.15) is 11.5 Å². The van der Waals surface area contributed by atoms with Crippen LogP contribution in [0.25, 0.3) is 0 Å². The zero-order valence-corrected chi connectivity index (χ0v) is 8.60. The fraction of sp³-hybridized carbons (Fsp3) is 0.429. The number of H-pyrrole nitrogens is 1. The third-order valence-corrected chi connectivity index (χ3v) is 2.43. The second-order valence-electron chi connectivity index (χ2n) is 3.12. The first kappa shape index (κ1) is 10.1. The monoisotopic (exact) mass is 229 g/mol. The van der Waals surface area contributed by atoms with Crippen LogP contribution in [0.2, 0.25) is 0 Å². The van der Waals surface area contributed by atoms with Gasteiger partial charge in [0.05, 0.1) is 6.61 Å². The number of anilines is 1. The van der Waals surface area contributed by atoms with Crippen molar-refractivity contribution < 1.29 is 9.90 Å². The van der Waals surface area contributed by atoms with E-state index in [4.69, 9.17) is 23.1 Å². The maximum Gasteiger partial charge on any atom is 0.274 e. The van der Waals surface area contributed by atoms with Crippen molar-refractivity contribution in [2.24, 2.45) is 5.73 Å². The molecule has 8 heteroatoms. The lowest BCUT2D eigenvalue weighted by Crippen LogP contribution is -2.51. The molecule has 1 amide bonds. The highest BCUT2D eigenvalue weighted by Crippen LogP contribution is 2.18. The minimum absolute atomic E-state index is 0.0854. The van der Waals surface area contributed by atoms with E-state index < -0.39 is 6.29 Å². The summed E-state index contributed by atoms with van der Waals surface area (Å²) in [5.74, 6) is 0.182. The number of rotatable bonds is 2. The van der Waals surface area contributed by atoms with Gasteiger partial charge in [0.25, 0.3) is 5.91 Å². The zero-order valence-electron chi connectivity index (χ0n) is 7.78. The maximum atomic E-state index is 11.6. The number of imidazole rings is 1. The fourth-order valence-corrected chi connectivity index (χ4v) is 1.81. The molecule has 2 heterocycles. The van der Waals surface area contributed by atoms with Gasteiger partial charge in [0.15, 0.2) is 11.1 Å². The molecule has 82 valence electrons. The van der Waals surface area contributed by atoms with Crippen molar-refractivity contribution in [2.75, 3.05) is 11.9 Å². The molecular formula is C7H11N5O2S. The number of nitrogens with zero attached hydrogens (tertiary/aromatic N) is 1. The molecule has 1 unspecified atom stereocenters. The highest BCUT2D eigenvalue weighted by atomic mass is 32.1. The average Bonchev–Trinajstić information content (AvgIpc) is 2.43. The average molecular weight is 229 g/mol. The van der Waals surface area contributed by atoms with E-state index in [0.29, 0.717) is 16.3 Å². The molecule has 0 aliphatic carbocycles. The van der Waals surface area contributed by atoms with Crippen LogP contribution in [0.3, 0.4) is 0 Å². The number of aliphatic hydroxyl groups excluding tert-OH is 1. The minimum atomic E-state index is -0.624. The Morgan fingerprint density at radius 3 is 2.93 bits per heavy atom. The standard InChI is InChI=1S/C7H11N5O2S/c8-6-9-4-3(5(14)11-6)12(1-2-13)7(15)10-4/h6,9,13H,1-2,8H2,(H,10,15)(H,11,14). The summed E-state index contributed by atoms with van der Waals surface area (Å²) in [7, 11) is 0. The van der Waals surface area contributed by atoms with Crippen LogP contribution in [0.1, 0.15) is 10.5 Å². The fourth-order valence-electron chi connectivity index (χ4n) is 1.53. The van der Waals surface area contributed by atoms with Crippen molar-refractivity contribution in [3.63, 3.8) is 0 Å². The SMILES string of the molecule is NC1NC(=O)c2c([nH]c(=S)n2CCO)N1. The lowest BCUT2D eigenvalue weighted by Gasteiger charge is -2.22. The summed E-state index contributed by atoms with van der Waals surface area (Å²) in [6.45, 7) is 0.187. The number of carbonyl (C=O) groups excluding carboxylic acids is 1. The second-order valence-corrected chi connectivity index (χ2v) is 3.51. The molecule has 1 aromatic heterocycles. The van der Waals surface area contributed by atoms with E-state index in [1.807, 2.05) is 0 Å². The lowest BCUT2D eigenvalue weighted by atomic mass is 10.3. The molecule has 0 saturated heterocycles. The molecule has 1 aliphatic heterocycles. The first-order valence-electron chi connectivity index (χ1n) is 4.40. The molecule has 15 heavy (non-hydrogen) atoms. The number of aliphatic hydroxyl groups is 1. The third kappa shape index (κ3) is 1.62. The Morgan fingerprint density at radius 1 is 1.53 bits per heavy atom. The quantitative estimate of drug-likeness (QED) is 0.415. The number of hydrogen-bond donors (Lipinski definition) is 5. The van der Waals surface area contributed by atoms with Crippen molar-refractivity contribution in [1.29, 1.82) is 0 Å². The Labute approximate surface area is 90.3 Å². The van der Waals surface area contributed by atoms with Crippen molar-refractivity contribution in [2.45, 2.75) is 12.8 Å². The Bertz CT molecular complexity index is 451. The number of aromatic nitrogens is 2. The first-order chi connectivity index (χ1) is 7.13. The van der Waals surface area contributed by atoms with Crippen LogP contribution in [-0.4, -0.2) is 33.5 Å². The van der Waals surface area contributed by atoms with Gasteiger partial charge in [-0.1, -0.05) is 0 Å². The Kier molecular flexibility index (Phi) is 2.47. The molecular weight excluding hydrogens is 218 g/mol. The number of nitrogens with one attached hydrogen (secondary N) is 3. The van der Waals surface area contributed by atoms with E-state index in [-0.39, 0.29) is 19.1 Å². The van der Waals surface area contributed by atoms with Gasteiger partial charge in [-0.15, -0.1) is 0 Å². The second kappa shape index (κ2) is 3.65. The molecule has 0 bridgehead atoms. The van der Waals surface area contributed by atoms with Gasteiger partial charge in [0, 0.05) is 6.54 Å². The van der Waals surface area contributed by atoms with Crippen LogP contribution < -0.4 is 16.4 Å². The predicted molar refractivity (Wildman–Crippen MR) is 55.8 cm³/mol. The number of fused-ring (bicyclic) bond motifs is 1. The van der Waals surface area contributed by atoms with Crippen LogP contribution in [-0.2, 0) is 6.54 Å². The molecule has 0 saturated carbocycles. The highest BCUT2D eigenvalue weighted by Gasteiger charge is 2.26. The molecule has 6 N–H and O–H groups in total. The van der Waals surface area contributed by atoms with Crippen molar-refractivity contribution >= 4 is 23.9 Å². The van der Waals surface area contributed by atoms with Gasteiger partial charge in [-0.3, -0.25) is 10.5 Å². The summed E-state index contributed by atoms with van der Waals surface area (Å²) >= 11 is 5.01. The Morgan fingerprint density at radius 2 is 2.27 bits per heavy atom. The number of carbonyl (C=O) groups is 1.